The maximum absolute atomic E-state index is 12.7. The van der Waals surface area contributed by atoms with Crippen molar-refractivity contribution in [2.45, 2.75) is 56.3 Å². The molecule has 1 unspecified atom stereocenters. The zero-order valence-electron chi connectivity index (χ0n) is 17.0. The van der Waals surface area contributed by atoms with Gasteiger partial charge in [-0.3, -0.25) is 4.79 Å². The lowest BCUT2D eigenvalue weighted by Crippen LogP contribution is -2.45. The number of sulfonamides is 1. The molecule has 2 aliphatic heterocycles. The topological polar surface area (TPSA) is 105 Å². The highest BCUT2D eigenvalue weighted by Crippen LogP contribution is 2.33. The van der Waals surface area contributed by atoms with Crippen LogP contribution in [0.15, 0.2) is 29.2 Å². The number of carboxylic acid groups (broad SMARTS) is 1. The Hall–Kier alpha value is -1.68. The molecular formula is C20H30N2O6S. The number of ether oxygens (including phenoxy) is 2. The SMILES string of the molecule is CCCC(C)[C@H](NS(=O)(=O)c1ccc(N2CCC3(CC2)OCCO3)cc1)C(=O)O. The maximum Gasteiger partial charge on any atom is 0.322 e. The summed E-state index contributed by atoms with van der Waals surface area (Å²) in [5.74, 6) is -1.91. The van der Waals surface area contributed by atoms with Crippen molar-refractivity contribution < 1.29 is 27.8 Å². The van der Waals surface area contributed by atoms with Crippen molar-refractivity contribution in [3.8, 4) is 0 Å². The fourth-order valence-corrected chi connectivity index (χ4v) is 5.29. The van der Waals surface area contributed by atoms with Crippen LogP contribution in [0.3, 0.4) is 0 Å². The van der Waals surface area contributed by atoms with E-state index >= 15 is 0 Å². The van der Waals surface area contributed by atoms with Crippen molar-refractivity contribution in [1.29, 1.82) is 0 Å². The number of carboxylic acids is 1. The Bertz CT molecular complexity index is 795. The minimum Gasteiger partial charge on any atom is -0.480 e. The molecule has 1 spiro atoms. The first-order chi connectivity index (χ1) is 13.8. The van der Waals surface area contributed by atoms with Gasteiger partial charge in [-0.1, -0.05) is 20.3 Å². The normalized spacial score (nSPS) is 21.2. The molecule has 2 N–H and O–H groups in total. The number of hydrogen-bond donors (Lipinski definition) is 2. The standard InChI is InChI=1S/C20H30N2O6S/c1-3-4-15(2)18(19(23)24)21-29(25,26)17-7-5-16(6-8-17)22-11-9-20(10-12-22)27-13-14-28-20/h5-8,15,18,21H,3-4,9-14H2,1-2H3,(H,23,24)/t15?,18-/m0/s1. The van der Waals surface area contributed by atoms with E-state index < -0.39 is 27.8 Å². The first-order valence-corrected chi connectivity index (χ1v) is 11.6. The fraction of sp³-hybridized carbons (Fsp3) is 0.650. The van der Waals surface area contributed by atoms with E-state index in [9.17, 15) is 18.3 Å². The second-order valence-corrected chi connectivity index (χ2v) is 9.51. The number of nitrogens with one attached hydrogen (secondary N) is 1. The zero-order chi connectivity index (χ0) is 21.1. The zero-order valence-corrected chi connectivity index (χ0v) is 17.8. The van der Waals surface area contributed by atoms with Gasteiger partial charge in [-0.05, 0) is 36.6 Å². The van der Waals surface area contributed by atoms with Gasteiger partial charge in [-0.2, -0.15) is 4.72 Å². The highest BCUT2D eigenvalue weighted by molar-refractivity contribution is 7.89. The molecular weight excluding hydrogens is 396 g/mol. The van der Waals surface area contributed by atoms with E-state index in [1.807, 2.05) is 6.92 Å². The van der Waals surface area contributed by atoms with Gasteiger partial charge in [0.25, 0.3) is 0 Å². The monoisotopic (exact) mass is 426 g/mol. The van der Waals surface area contributed by atoms with Gasteiger partial charge in [0, 0.05) is 31.6 Å². The van der Waals surface area contributed by atoms with E-state index in [1.54, 1.807) is 19.1 Å². The Balaban J connectivity index is 1.66. The molecule has 0 aliphatic carbocycles. The van der Waals surface area contributed by atoms with Gasteiger partial charge in [0.1, 0.15) is 6.04 Å². The molecule has 2 aliphatic rings. The summed E-state index contributed by atoms with van der Waals surface area (Å²) in [7, 11) is -3.92. The van der Waals surface area contributed by atoms with Crippen LogP contribution < -0.4 is 9.62 Å². The molecule has 0 amide bonds. The number of rotatable bonds is 8. The summed E-state index contributed by atoms with van der Waals surface area (Å²) in [4.78, 5) is 13.8. The lowest BCUT2D eigenvalue weighted by molar-refractivity contribution is -0.169. The van der Waals surface area contributed by atoms with Gasteiger partial charge in [0.15, 0.2) is 5.79 Å². The van der Waals surface area contributed by atoms with Crippen LogP contribution in [-0.4, -0.2) is 57.6 Å². The summed E-state index contributed by atoms with van der Waals surface area (Å²) in [5, 5.41) is 9.43. The smallest absolute Gasteiger partial charge is 0.322 e. The molecule has 29 heavy (non-hydrogen) atoms. The summed E-state index contributed by atoms with van der Waals surface area (Å²) in [6.45, 7) is 6.48. The van der Waals surface area contributed by atoms with Crippen LogP contribution in [0.4, 0.5) is 5.69 Å². The molecule has 2 heterocycles. The third-order valence-electron chi connectivity index (χ3n) is 5.71. The lowest BCUT2D eigenvalue weighted by Gasteiger charge is -2.38. The average Bonchev–Trinajstić information content (AvgIpc) is 3.15. The van der Waals surface area contributed by atoms with Crippen molar-refractivity contribution >= 4 is 21.7 Å². The largest absolute Gasteiger partial charge is 0.480 e. The number of anilines is 1. The predicted octanol–water partition coefficient (Wildman–Crippen LogP) is 2.20. The molecule has 9 heteroatoms. The quantitative estimate of drug-likeness (QED) is 0.656. The molecule has 1 aromatic rings. The number of carbonyl (C=O) groups is 1. The number of aliphatic carboxylic acids is 1. The van der Waals surface area contributed by atoms with Crippen LogP contribution in [0.2, 0.25) is 0 Å². The minimum absolute atomic E-state index is 0.0622. The highest BCUT2D eigenvalue weighted by Gasteiger charge is 2.39. The second-order valence-electron chi connectivity index (χ2n) is 7.79. The van der Waals surface area contributed by atoms with E-state index in [4.69, 9.17) is 9.47 Å². The Morgan fingerprint density at radius 3 is 2.31 bits per heavy atom. The molecule has 0 saturated carbocycles. The van der Waals surface area contributed by atoms with Crippen LogP contribution in [-0.2, 0) is 24.3 Å². The van der Waals surface area contributed by atoms with Gasteiger partial charge in [0.2, 0.25) is 10.0 Å². The van der Waals surface area contributed by atoms with Crippen molar-refractivity contribution in [1.82, 2.24) is 4.72 Å². The number of hydrogen-bond acceptors (Lipinski definition) is 6. The van der Waals surface area contributed by atoms with Gasteiger partial charge in [0.05, 0.1) is 18.1 Å². The first kappa shape index (κ1) is 22.0. The Labute approximate surface area is 172 Å². The van der Waals surface area contributed by atoms with E-state index in [-0.39, 0.29) is 10.8 Å². The van der Waals surface area contributed by atoms with Crippen molar-refractivity contribution in [2.24, 2.45) is 5.92 Å². The molecule has 3 rings (SSSR count). The van der Waals surface area contributed by atoms with Crippen molar-refractivity contribution in [3.05, 3.63) is 24.3 Å². The van der Waals surface area contributed by atoms with E-state index in [2.05, 4.69) is 9.62 Å². The van der Waals surface area contributed by atoms with Crippen molar-refractivity contribution in [3.63, 3.8) is 0 Å². The van der Waals surface area contributed by atoms with Gasteiger partial charge < -0.3 is 19.5 Å². The molecule has 1 aromatic carbocycles. The van der Waals surface area contributed by atoms with Crippen LogP contribution in [0.25, 0.3) is 0 Å². The van der Waals surface area contributed by atoms with Gasteiger partial charge in [-0.15, -0.1) is 0 Å². The third-order valence-corrected chi connectivity index (χ3v) is 7.17. The summed E-state index contributed by atoms with van der Waals surface area (Å²) >= 11 is 0. The molecule has 162 valence electrons. The molecule has 8 nitrogen and oxygen atoms in total. The van der Waals surface area contributed by atoms with E-state index in [0.29, 0.717) is 19.6 Å². The van der Waals surface area contributed by atoms with E-state index in [0.717, 1.165) is 38.0 Å². The molecule has 2 atom stereocenters. The molecule has 0 radical (unpaired) electrons. The predicted molar refractivity (Wildman–Crippen MR) is 108 cm³/mol. The van der Waals surface area contributed by atoms with Crippen LogP contribution >= 0.6 is 0 Å². The summed E-state index contributed by atoms with van der Waals surface area (Å²) in [6.07, 6.45) is 2.95. The highest BCUT2D eigenvalue weighted by atomic mass is 32.2. The number of nitrogens with zero attached hydrogens (tertiary/aromatic N) is 1. The van der Waals surface area contributed by atoms with Gasteiger partial charge >= 0.3 is 5.97 Å². The maximum atomic E-state index is 12.7. The molecule has 2 fully saturated rings. The summed E-state index contributed by atoms with van der Waals surface area (Å²) in [5.41, 5.74) is 0.922. The van der Waals surface area contributed by atoms with Crippen LogP contribution in [0, 0.1) is 5.92 Å². The summed E-state index contributed by atoms with van der Waals surface area (Å²) < 4.78 is 39.2. The van der Waals surface area contributed by atoms with E-state index in [1.165, 1.54) is 12.1 Å². The Morgan fingerprint density at radius 2 is 1.79 bits per heavy atom. The minimum atomic E-state index is -3.92. The van der Waals surface area contributed by atoms with Crippen molar-refractivity contribution in [2.75, 3.05) is 31.2 Å². The molecule has 2 saturated heterocycles. The Kier molecular flexibility index (Phi) is 6.83. The molecule has 0 bridgehead atoms. The first-order valence-electron chi connectivity index (χ1n) is 10.1. The molecule has 0 aromatic heterocycles. The Morgan fingerprint density at radius 1 is 1.21 bits per heavy atom. The second kappa shape index (κ2) is 8.99. The fourth-order valence-electron chi connectivity index (χ4n) is 3.99. The van der Waals surface area contributed by atoms with Crippen LogP contribution in [0.1, 0.15) is 39.5 Å². The van der Waals surface area contributed by atoms with Gasteiger partial charge in [-0.25, -0.2) is 8.42 Å². The summed E-state index contributed by atoms with van der Waals surface area (Å²) in [6, 6.07) is 5.41. The average molecular weight is 427 g/mol. The lowest BCUT2D eigenvalue weighted by atomic mass is 9.98. The van der Waals surface area contributed by atoms with Crippen LogP contribution in [0.5, 0.6) is 0 Å². The number of benzene rings is 1. The number of piperidine rings is 1. The third kappa shape index (κ3) is 5.09.